The number of hydrogen-bond acceptors (Lipinski definition) is 2. The minimum absolute atomic E-state index is 0.0658. The first kappa shape index (κ1) is 17.2. The SMILES string of the molecule is O=Cc1ccc(CCNC(=O)CC2c3ccccc3-c3ccccc32)cc1. The topological polar surface area (TPSA) is 46.2 Å². The summed E-state index contributed by atoms with van der Waals surface area (Å²) in [5, 5.41) is 3.04. The Hall–Kier alpha value is -3.20. The number of rotatable bonds is 6. The molecule has 0 bridgehead atoms. The highest BCUT2D eigenvalue weighted by Gasteiger charge is 2.29. The summed E-state index contributed by atoms with van der Waals surface area (Å²) >= 11 is 0. The summed E-state index contributed by atoms with van der Waals surface area (Å²) < 4.78 is 0. The molecule has 3 aromatic carbocycles. The zero-order valence-electron chi connectivity index (χ0n) is 15.0. The van der Waals surface area contributed by atoms with E-state index in [9.17, 15) is 9.59 Å². The maximum absolute atomic E-state index is 12.6. The Morgan fingerprint density at radius 3 is 2.04 bits per heavy atom. The van der Waals surface area contributed by atoms with Crippen molar-refractivity contribution in [2.24, 2.45) is 0 Å². The van der Waals surface area contributed by atoms with Crippen molar-refractivity contribution in [2.45, 2.75) is 18.8 Å². The fourth-order valence-corrected chi connectivity index (χ4v) is 3.85. The van der Waals surface area contributed by atoms with Gasteiger partial charge in [0.2, 0.25) is 5.91 Å². The molecule has 3 heteroatoms. The van der Waals surface area contributed by atoms with E-state index >= 15 is 0 Å². The summed E-state index contributed by atoms with van der Waals surface area (Å²) in [6, 6.07) is 24.2. The predicted molar refractivity (Wildman–Crippen MR) is 107 cm³/mol. The molecule has 0 saturated heterocycles. The number of hydrogen-bond donors (Lipinski definition) is 1. The van der Waals surface area contributed by atoms with Crippen LogP contribution in [0.4, 0.5) is 0 Å². The van der Waals surface area contributed by atoms with E-state index in [2.05, 4.69) is 29.6 Å². The molecular formula is C24H21NO2. The van der Waals surface area contributed by atoms with Crippen LogP contribution in [0, 0.1) is 0 Å². The van der Waals surface area contributed by atoms with Crippen molar-refractivity contribution < 1.29 is 9.59 Å². The van der Waals surface area contributed by atoms with Crippen molar-refractivity contribution in [3.05, 3.63) is 95.1 Å². The number of amides is 1. The molecule has 3 aromatic rings. The van der Waals surface area contributed by atoms with Gasteiger partial charge in [-0.25, -0.2) is 0 Å². The molecule has 1 N–H and O–H groups in total. The molecule has 0 atom stereocenters. The Morgan fingerprint density at radius 1 is 0.852 bits per heavy atom. The standard InChI is InChI=1S/C24H21NO2/c26-16-18-11-9-17(10-12-18)13-14-25-24(27)15-23-21-7-3-1-5-19(21)20-6-2-4-8-22(20)23/h1-12,16,23H,13-15H2,(H,25,27). The Morgan fingerprint density at radius 2 is 1.44 bits per heavy atom. The number of nitrogens with one attached hydrogen (secondary N) is 1. The number of aldehydes is 1. The van der Waals surface area contributed by atoms with E-state index in [1.807, 2.05) is 36.4 Å². The van der Waals surface area contributed by atoms with E-state index in [4.69, 9.17) is 0 Å². The van der Waals surface area contributed by atoms with Crippen molar-refractivity contribution in [3.63, 3.8) is 0 Å². The Labute approximate surface area is 159 Å². The van der Waals surface area contributed by atoms with Gasteiger partial charge in [-0.15, -0.1) is 0 Å². The van der Waals surface area contributed by atoms with E-state index < -0.39 is 0 Å². The van der Waals surface area contributed by atoms with Gasteiger partial charge in [-0.05, 0) is 34.2 Å². The normalized spacial score (nSPS) is 12.3. The first-order chi connectivity index (χ1) is 13.3. The molecule has 0 unspecified atom stereocenters. The second-order valence-corrected chi connectivity index (χ2v) is 6.89. The Kier molecular flexibility index (Phi) is 4.84. The molecule has 0 saturated carbocycles. The van der Waals surface area contributed by atoms with Crippen LogP contribution in [0.2, 0.25) is 0 Å². The Balaban J connectivity index is 1.40. The molecule has 0 radical (unpaired) electrons. The minimum atomic E-state index is 0.0658. The van der Waals surface area contributed by atoms with Gasteiger partial charge in [0.1, 0.15) is 6.29 Å². The van der Waals surface area contributed by atoms with Gasteiger partial charge in [0.15, 0.2) is 0 Å². The summed E-state index contributed by atoms with van der Waals surface area (Å²) in [6.07, 6.45) is 2.05. The zero-order valence-corrected chi connectivity index (χ0v) is 15.0. The van der Waals surface area contributed by atoms with Crippen LogP contribution in [0.15, 0.2) is 72.8 Å². The van der Waals surface area contributed by atoms with Crippen molar-refractivity contribution >= 4 is 12.2 Å². The lowest BCUT2D eigenvalue weighted by Gasteiger charge is -2.13. The van der Waals surface area contributed by atoms with E-state index in [1.54, 1.807) is 12.1 Å². The lowest BCUT2D eigenvalue weighted by Crippen LogP contribution is -2.27. The van der Waals surface area contributed by atoms with Crippen LogP contribution in [-0.2, 0) is 11.2 Å². The number of benzene rings is 3. The number of carbonyl (C=O) groups is 2. The molecule has 4 rings (SSSR count). The molecular weight excluding hydrogens is 334 g/mol. The van der Waals surface area contributed by atoms with Gasteiger partial charge in [0.25, 0.3) is 0 Å². The lowest BCUT2D eigenvalue weighted by atomic mass is 9.93. The van der Waals surface area contributed by atoms with Crippen molar-refractivity contribution in [3.8, 4) is 11.1 Å². The maximum atomic E-state index is 12.6. The van der Waals surface area contributed by atoms with Gasteiger partial charge in [0.05, 0.1) is 0 Å². The summed E-state index contributed by atoms with van der Waals surface area (Å²) in [5.74, 6) is 0.181. The van der Waals surface area contributed by atoms with Gasteiger partial charge in [-0.1, -0.05) is 72.8 Å². The summed E-state index contributed by atoms with van der Waals surface area (Å²) in [7, 11) is 0. The lowest BCUT2D eigenvalue weighted by molar-refractivity contribution is -0.121. The van der Waals surface area contributed by atoms with Gasteiger partial charge in [0, 0.05) is 24.4 Å². The molecule has 1 aliphatic rings. The van der Waals surface area contributed by atoms with Crippen LogP contribution in [0.25, 0.3) is 11.1 Å². The quantitative estimate of drug-likeness (QED) is 0.668. The third-order valence-electron chi connectivity index (χ3n) is 5.20. The first-order valence-corrected chi connectivity index (χ1v) is 9.25. The average Bonchev–Trinajstić information content (AvgIpc) is 3.03. The molecule has 1 amide bonds. The molecule has 27 heavy (non-hydrogen) atoms. The van der Waals surface area contributed by atoms with Gasteiger partial charge >= 0.3 is 0 Å². The highest BCUT2D eigenvalue weighted by atomic mass is 16.1. The fraction of sp³-hybridized carbons (Fsp3) is 0.167. The van der Waals surface area contributed by atoms with Crippen LogP contribution in [0.1, 0.15) is 39.4 Å². The summed E-state index contributed by atoms with van der Waals surface area (Å²) in [4.78, 5) is 23.3. The predicted octanol–water partition coefficient (Wildman–Crippen LogP) is 4.36. The van der Waals surface area contributed by atoms with E-state index in [0.29, 0.717) is 18.5 Å². The maximum Gasteiger partial charge on any atom is 0.220 e. The van der Waals surface area contributed by atoms with Crippen molar-refractivity contribution in [1.82, 2.24) is 5.32 Å². The third-order valence-corrected chi connectivity index (χ3v) is 5.20. The molecule has 134 valence electrons. The fourth-order valence-electron chi connectivity index (χ4n) is 3.85. The smallest absolute Gasteiger partial charge is 0.220 e. The van der Waals surface area contributed by atoms with E-state index in [-0.39, 0.29) is 11.8 Å². The zero-order chi connectivity index (χ0) is 18.6. The van der Waals surface area contributed by atoms with Crippen LogP contribution in [0.3, 0.4) is 0 Å². The van der Waals surface area contributed by atoms with Gasteiger partial charge < -0.3 is 5.32 Å². The second kappa shape index (κ2) is 7.58. The number of fused-ring (bicyclic) bond motifs is 3. The summed E-state index contributed by atoms with van der Waals surface area (Å²) in [6.45, 7) is 0.593. The van der Waals surface area contributed by atoms with Crippen LogP contribution < -0.4 is 5.32 Å². The molecule has 0 heterocycles. The van der Waals surface area contributed by atoms with E-state index in [1.165, 1.54) is 22.3 Å². The molecule has 0 aromatic heterocycles. The minimum Gasteiger partial charge on any atom is -0.356 e. The van der Waals surface area contributed by atoms with Crippen LogP contribution in [0.5, 0.6) is 0 Å². The van der Waals surface area contributed by atoms with Gasteiger partial charge in [-0.3, -0.25) is 9.59 Å². The Bertz CT molecular complexity index is 930. The van der Waals surface area contributed by atoms with Crippen LogP contribution >= 0.6 is 0 Å². The van der Waals surface area contributed by atoms with Crippen molar-refractivity contribution in [1.29, 1.82) is 0 Å². The highest BCUT2D eigenvalue weighted by molar-refractivity contribution is 5.84. The first-order valence-electron chi connectivity index (χ1n) is 9.25. The third kappa shape index (κ3) is 3.54. The van der Waals surface area contributed by atoms with Crippen LogP contribution in [-0.4, -0.2) is 18.7 Å². The average molecular weight is 355 g/mol. The molecule has 0 spiro atoms. The second-order valence-electron chi connectivity index (χ2n) is 6.89. The number of carbonyl (C=O) groups excluding carboxylic acids is 2. The summed E-state index contributed by atoms with van der Waals surface area (Å²) in [5.41, 5.74) is 6.72. The van der Waals surface area contributed by atoms with Crippen molar-refractivity contribution in [2.75, 3.05) is 6.54 Å². The molecule has 1 aliphatic carbocycles. The largest absolute Gasteiger partial charge is 0.356 e. The van der Waals surface area contributed by atoms with E-state index in [0.717, 1.165) is 18.3 Å². The highest BCUT2D eigenvalue weighted by Crippen LogP contribution is 2.45. The monoisotopic (exact) mass is 355 g/mol. The molecule has 0 aliphatic heterocycles. The van der Waals surface area contributed by atoms with Gasteiger partial charge in [-0.2, -0.15) is 0 Å². The molecule has 3 nitrogen and oxygen atoms in total. The molecule has 0 fully saturated rings.